The zero-order valence-electron chi connectivity index (χ0n) is 15.3. The minimum absolute atomic E-state index is 0.00530. The number of Topliss-reactive ketones (excluding diaryl/α,β-unsaturated/α-hetero) is 1. The molecule has 2 aliphatic rings. The largest absolute Gasteiger partial charge is 0.493 e. The number of hydrogen-bond acceptors (Lipinski definition) is 5. The fourth-order valence-corrected chi connectivity index (χ4v) is 3.02. The average Bonchev–Trinajstić information content (AvgIpc) is 3.46. The van der Waals surface area contributed by atoms with Crippen molar-refractivity contribution in [3.05, 3.63) is 58.8 Å². The second kappa shape index (κ2) is 6.91. The van der Waals surface area contributed by atoms with Crippen molar-refractivity contribution >= 4 is 17.8 Å². The number of esters is 1. The number of benzene rings is 2. The van der Waals surface area contributed by atoms with Crippen LogP contribution < -0.4 is 14.2 Å². The molecule has 0 amide bonds. The van der Waals surface area contributed by atoms with Crippen LogP contribution in [0, 0.1) is 12.8 Å². The molecule has 1 fully saturated rings. The van der Waals surface area contributed by atoms with Gasteiger partial charge in [0.1, 0.15) is 17.2 Å². The molecule has 1 aliphatic heterocycles. The van der Waals surface area contributed by atoms with Crippen LogP contribution in [0.2, 0.25) is 0 Å². The maximum absolute atomic E-state index is 12.7. The first-order chi connectivity index (χ1) is 13.1. The number of carbonyl (C=O) groups excluding carboxylic acids is 2. The Kier molecular flexibility index (Phi) is 4.44. The molecule has 1 heterocycles. The highest BCUT2D eigenvalue weighted by Gasteiger charge is 2.34. The van der Waals surface area contributed by atoms with E-state index in [1.54, 1.807) is 25.1 Å². The first-order valence-corrected chi connectivity index (χ1v) is 9.10. The Balaban J connectivity index is 1.64. The van der Waals surface area contributed by atoms with Gasteiger partial charge in [-0.15, -0.1) is 0 Å². The zero-order chi connectivity index (χ0) is 19.0. The molecular formula is C22H20O5. The van der Waals surface area contributed by atoms with Crippen LogP contribution in [0.4, 0.5) is 0 Å². The summed E-state index contributed by atoms with van der Waals surface area (Å²) in [4.78, 5) is 24.7. The predicted octanol–water partition coefficient (Wildman–Crippen LogP) is 4.33. The zero-order valence-corrected chi connectivity index (χ0v) is 15.3. The Morgan fingerprint density at radius 3 is 2.70 bits per heavy atom. The van der Waals surface area contributed by atoms with Crippen molar-refractivity contribution in [2.24, 2.45) is 5.92 Å². The van der Waals surface area contributed by atoms with Crippen LogP contribution in [0.25, 0.3) is 6.08 Å². The van der Waals surface area contributed by atoms with Crippen LogP contribution in [-0.4, -0.2) is 18.4 Å². The van der Waals surface area contributed by atoms with E-state index in [9.17, 15) is 9.59 Å². The lowest BCUT2D eigenvalue weighted by molar-refractivity contribution is -0.135. The monoisotopic (exact) mass is 364 g/mol. The van der Waals surface area contributed by atoms with Gasteiger partial charge in [-0.2, -0.15) is 0 Å². The first-order valence-electron chi connectivity index (χ1n) is 9.10. The van der Waals surface area contributed by atoms with E-state index in [1.807, 2.05) is 31.2 Å². The lowest BCUT2D eigenvalue weighted by Gasteiger charge is -2.10. The molecule has 0 atom stereocenters. The van der Waals surface area contributed by atoms with Crippen LogP contribution in [0.1, 0.15) is 41.3 Å². The van der Waals surface area contributed by atoms with E-state index in [0.29, 0.717) is 35.0 Å². The topological polar surface area (TPSA) is 61.8 Å². The van der Waals surface area contributed by atoms with Crippen molar-refractivity contribution in [1.82, 2.24) is 0 Å². The second-order valence-corrected chi connectivity index (χ2v) is 6.67. The van der Waals surface area contributed by atoms with Gasteiger partial charge in [0.25, 0.3) is 0 Å². The molecule has 5 heteroatoms. The lowest BCUT2D eigenvalue weighted by atomic mass is 10.1. The quantitative estimate of drug-likeness (QED) is 0.449. The van der Waals surface area contributed by atoms with Gasteiger partial charge in [-0.05, 0) is 51.0 Å². The minimum Gasteiger partial charge on any atom is -0.493 e. The summed E-state index contributed by atoms with van der Waals surface area (Å²) in [5, 5.41) is 0. The van der Waals surface area contributed by atoms with Crippen molar-refractivity contribution in [1.29, 1.82) is 0 Å². The Bertz CT molecular complexity index is 953. The third-order valence-electron chi connectivity index (χ3n) is 4.66. The van der Waals surface area contributed by atoms with Crippen molar-refractivity contribution in [3.8, 4) is 17.2 Å². The summed E-state index contributed by atoms with van der Waals surface area (Å²) in [6.07, 6.45) is 3.44. The highest BCUT2D eigenvalue weighted by atomic mass is 16.5. The third-order valence-corrected chi connectivity index (χ3v) is 4.66. The van der Waals surface area contributed by atoms with Crippen LogP contribution in [0.3, 0.4) is 0 Å². The second-order valence-electron chi connectivity index (χ2n) is 6.67. The minimum atomic E-state index is -0.219. The molecule has 0 bridgehead atoms. The standard InChI is InChI=1S/C22H20O5/c1-3-25-18-7-5-4-6-15(18)12-19-20(23)16-10-11-17(13(2)21(16)26-19)27-22(24)14-8-9-14/h4-7,10-12,14H,3,8-9H2,1-2H3/b19-12-. The van der Waals surface area contributed by atoms with Crippen molar-refractivity contribution in [2.45, 2.75) is 26.7 Å². The Morgan fingerprint density at radius 2 is 1.96 bits per heavy atom. The Labute approximate surface area is 157 Å². The molecule has 2 aromatic carbocycles. The predicted molar refractivity (Wildman–Crippen MR) is 100 cm³/mol. The highest BCUT2D eigenvalue weighted by molar-refractivity contribution is 6.15. The van der Waals surface area contributed by atoms with Gasteiger partial charge in [0.2, 0.25) is 5.78 Å². The molecule has 4 rings (SSSR count). The first kappa shape index (κ1) is 17.3. The molecule has 1 saturated carbocycles. The van der Waals surface area contributed by atoms with Gasteiger partial charge in [-0.3, -0.25) is 9.59 Å². The average molecular weight is 364 g/mol. The molecule has 1 aliphatic carbocycles. The third kappa shape index (κ3) is 3.33. The summed E-state index contributed by atoms with van der Waals surface area (Å²) in [6, 6.07) is 10.8. The number of rotatable bonds is 5. The molecular weight excluding hydrogens is 344 g/mol. The van der Waals surface area contributed by atoms with Crippen LogP contribution >= 0.6 is 0 Å². The summed E-state index contributed by atoms with van der Waals surface area (Å²) in [5.41, 5.74) is 1.89. The molecule has 0 N–H and O–H groups in total. The van der Waals surface area contributed by atoms with E-state index in [4.69, 9.17) is 14.2 Å². The number of fused-ring (bicyclic) bond motifs is 1. The smallest absolute Gasteiger partial charge is 0.314 e. The van der Waals surface area contributed by atoms with Crippen molar-refractivity contribution in [2.75, 3.05) is 6.61 Å². The summed E-state index contributed by atoms with van der Waals surface area (Å²) >= 11 is 0. The van der Waals surface area contributed by atoms with Crippen molar-refractivity contribution in [3.63, 3.8) is 0 Å². The van der Waals surface area contributed by atoms with Gasteiger partial charge in [0.05, 0.1) is 18.1 Å². The van der Waals surface area contributed by atoms with E-state index >= 15 is 0 Å². The number of carbonyl (C=O) groups is 2. The van der Waals surface area contributed by atoms with Gasteiger partial charge in [0, 0.05) is 11.1 Å². The maximum atomic E-state index is 12.7. The number of ketones is 1. The van der Waals surface area contributed by atoms with Gasteiger partial charge in [-0.25, -0.2) is 0 Å². The fraction of sp³-hybridized carbons (Fsp3) is 0.273. The van der Waals surface area contributed by atoms with Crippen LogP contribution in [-0.2, 0) is 4.79 Å². The summed E-state index contributed by atoms with van der Waals surface area (Å²) < 4.78 is 16.9. The summed E-state index contributed by atoms with van der Waals surface area (Å²) in [5.74, 6) is 1.39. The molecule has 138 valence electrons. The van der Waals surface area contributed by atoms with Crippen LogP contribution in [0.5, 0.6) is 17.2 Å². The Morgan fingerprint density at radius 1 is 1.19 bits per heavy atom. The number of para-hydroxylation sites is 1. The van der Waals surface area contributed by atoms with Gasteiger partial charge >= 0.3 is 5.97 Å². The number of ether oxygens (including phenoxy) is 3. The molecule has 2 aromatic rings. The maximum Gasteiger partial charge on any atom is 0.314 e. The molecule has 27 heavy (non-hydrogen) atoms. The van der Waals surface area contributed by atoms with Gasteiger partial charge < -0.3 is 14.2 Å². The van der Waals surface area contributed by atoms with E-state index in [-0.39, 0.29) is 23.4 Å². The SMILES string of the molecule is CCOc1ccccc1/C=C1\Oc2c(ccc(OC(=O)C3CC3)c2C)C1=O. The molecule has 0 saturated heterocycles. The number of allylic oxidation sites excluding steroid dienone is 1. The molecule has 0 aromatic heterocycles. The molecule has 0 spiro atoms. The van der Waals surface area contributed by atoms with E-state index in [0.717, 1.165) is 18.4 Å². The summed E-state index contributed by atoms with van der Waals surface area (Å²) in [6.45, 7) is 4.23. The van der Waals surface area contributed by atoms with Gasteiger partial charge in [0.15, 0.2) is 5.76 Å². The lowest BCUT2D eigenvalue weighted by Crippen LogP contribution is -2.10. The van der Waals surface area contributed by atoms with E-state index < -0.39 is 0 Å². The normalized spacial score (nSPS) is 16.8. The molecule has 0 radical (unpaired) electrons. The van der Waals surface area contributed by atoms with Gasteiger partial charge in [-0.1, -0.05) is 18.2 Å². The van der Waals surface area contributed by atoms with Crippen molar-refractivity contribution < 1.29 is 23.8 Å². The van der Waals surface area contributed by atoms with Crippen LogP contribution in [0.15, 0.2) is 42.2 Å². The number of hydrogen-bond donors (Lipinski definition) is 0. The molecule has 5 nitrogen and oxygen atoms in total. The van der Waals surface area contributed by atoms with E-state index in [1.165, 1.54) is 0 Å². The summed E-state index contributed by atoms with van der Waals surface area (Å²) in [7, 11) is 0. The Hall–Kier alpha value is -3.08. The molecule has 0 unspecified atom stereocenters. The highest BCUT2D eigenvalue weighted by Crippen LogP contribution is 2.40. The fourth-order valence-electron chi connectivity index (χ4n) is 3.02. The van der Waals surface area contributed by atoms with E-state index in [2.05, 4.69) is 0 Å².